The third-order valence-corrected chi connectivity index (χ3v) is 6.74. The molecule has 0 aliphatic carbocycles. The SMILES string of the molecule is COc1cc(C(=O)Nc2ccccc2)ccc1/N=N/c1c(O)c(C(=O)Nc2ccc3[nH]c(=O)[nH]c3c2)cc2ccccc12. The molecule has 2 amide bonds. The average Bonchev–Trinajstić information content (AvgIpc) is 3.40. The molecule has 11 heteroatoms. The average molecular weight is 573 g/mol. The second kappa shape index (κ2) is 11.3. The van der Waals surface area contributed by atoms with Crippen LogP contribution in [0.25, 0.3) is 21.8 Å². The predicted octanol–water partition coefficient (Wildman–Crippen LogP) is 6.64. The van der Waals surface area contributed by atoms with Crippen LogP contribution in [0.2, 0.25) is 0 Å². The Morgan fingerprint density at radius 2 is 1.51 bits per heavy atom. The van der Waals surface area contributed by atoms with Gasteiger partial charge >= 0.3 is 5.69 Å². The van der Waals surface area contributed by atoms with Crippen LogP contribution < -0.4 is 21.1 Å². The molecule has 0 atom stereocenters. The highest BCUT2D eigenvalue weighted by Gasteiger charge is 2.19. The highest BCUT2D eigenvalue weighted by atomic mass is 16.5. The number of imidazole rings is 1. The molecule has 0 saturated carbocycles. The van der Waals surface area contributed by atoms with Crippen molar-refractivity contribution in [3.05, 3.63) is 119 Å². The van der Waals surface area contributed by atoms with Gasteiger partial charge in [-0.1, -0.05) is 42.5 Å². The van der Waals surface area contributed by atoms with Crippen molar-refractivity contribution >= 4 is 56.4 Å². The van der Waals surface area contributed by atoms with Crippen LogP contribution in [0.3, 0.4) is 0 Å². The number of aromatic hydroxyl groups is 1. The van der Waals surface area contributed by atoms with E-state index in [9.17, 15) is 19.5 Å². The summed E-state index contributed by atoms with van der Waals surface area (Å²) in [7, 11) is 1.45. The van der Waals surface area contributed by atoms with Gasteiger partial charge in [0.15, 0.2) is 5.75 Å². The largest absolute Gasteiger partial charge is 0.505 e. The molecule has 0 fully saturated rings. The Morgan fingerprint density at radius 3 is 2.33 bits per heavy atom. The number of methoxy groups -OCH3 is 1. The molecular formula is C32H24N6O5. The first-order valence-electron chi connectivity index (χ1n) is 13.1. The summed E-state index contributed by atoms with van der Waals surface area (Å²) in [5.74, 6) is -0.977. The van der Waals surface area contributed by atoms with Gasteiger partial charge in [-0.05, 0) is 60.0 Å². The number of carbonyl (C=O) groups excluding carboxylic acids is 2. The molecule has 6 aromatic rings. The van der Waals surface area contributed by atoms with E-state index in [1.54, 1.807) is 78.9 Å². The van der Waals surface area contributed by atoms with Crippen molar-refractivity contribution < 1.29 is 19.4 Å². The number of H-pyrrole nitrogens is 2. The Hall–Kier alpha value is -6.23. The fourth-order valence-electron chi connectivity index (χ4n) is 4.63. The van der Waals surface area contributed by atoms with Gasteiger partial charge in [0.1, 0.15) is 17.1 Å². The number of para-hydroxylation sites is 1. The quantitative estimate of drug-likeness (QED) is 0.135. The molecule has 1 heterocycles. The van der Waals surface area contributed by atoms with Gasteiger partial charge in [0.25, 0.3) is 11.8 Å². The Bertz CT molecular complexity index is 2100. The standard InChI is InChI=1S/C32H24N6O5/c1-43-27-16-19(30(40)33-20-8-3-2-4-9-20)11-13-25(27)37-38-28-22-10-6-5-7-18(22)15-23(29(28)39)31(41)34-21-12-14-24-26(17-21)36-32(42)35-24/h2-17,39H,1H3,(H,33,40)(H,34,41)(H2,35,36,42)/b38-37+. The summed E-state index contributed by atoms with van der Waals surface area (Å²) in [6.45, 7) is 0. The van der Waals surface area contributed by atoms with Gasteiger partial charge in [-0.2, -0.15) is 0 Å². The molecular weight excluding hydrogens is 548 g/mol. The minimum Gasteiger partial charge on any atom is -0.505 e. The molecule has 5 aromatic carbocycles. The predicted molar refractivity (Wildman–Crippen MR) is 164 cm³/mol. The molecule has 6 rings (SSSR count). The summed E-state index contributed by atoms with van der Waals surface area (Å²) in [6.07, 6.45) is 0. The Morgan fingerprint density at radius 1 is 0.767 bits per heavy atom. The Kier molecular flexibility index (Phi) is 7.11. The summed E-state index contributed by atoms with van der Waals surface area (Å²) in [5, 5.41) is 26.6. The number of anilines is 2. The van der Waals surface area contributed by atoms with Crippen LogP contribution in [0, 0.1) is 0 Å². The van der Waals surface area contributed by atoms with E-state index >= 15 is 0 Å². The zero-order chi connectivity index (χ0) is 29.9. The molecule has 0 saturated heterocycles. The minimum absolute atomic E-state index is 0.0183. The lowest BCUT2D eigenvalue weighted by Crippen LogP contribution is -2.12. The van der Waals surface area contributed by atoms with Crippen molar-refractivity contribution in [2.24, 2.45) is 10.2 Å². The summed E-state index contributed by atoms with van der Waals surface area (Å²) < 4.78 is 5.47. The Labute approximate surface area is 243 Å². The lowest BCUT2D eigenvalue weighted by atomic mass is 10.0. The van der Waals surface area contributed by atoms with Gasteiger partial charge in [0.05, 0.1) is 23.7 Å². The number of ether oxygens (including phenoxy) is 1. The fraction of sp³-hybridized carbons (Fsp3) is 0.0312. The summed E-state index contributed by atoms with van der Waals surface area (Å²) in [4.78, 5) is 42.9. The molecule has 0 spiro atoms. The minimum atomic E-state index is -0.580. The number of azo groups is 1. The number of aromatic nitrogens is 2. The number of nitrogens with one attached hydrogen (secondary N) is 4. The van der Waals surface area contributed by atoms with E-state index in [4.69, 9.17) is 4.74 Å². The maximum absolute atomic E-state index is 13.3. The van der Waals surface area contributed by atoms with Crippen LogP contribution in [0.15, 0.2) is 112 Å². The third kappa shape index (κ3) is 5.55. The van der Waals surface area contributed by atoms with Crippen molar-refractivity contribution in [1.29, 1.82) is 0 Å². The Balaban J connectivity index is 1.31. The van der Waals surface area contributed by atoms with Crippen LogP contribution >= 0.6 is 0 Å². The van der Waals surface area contributed by atoms with Crippen LogP contribution in [0.5, 0.6) is 11.5 Å². The second-order valence-corrected chi connectivity index (χ2v) is 9.54. The van der Waals surface area contributed by atoms with E-state index in [1.165, 1.54) is 7.11 Å². The number of aromatic amines is 2. The molecule has 1 aromatic heterocycles. The van der Waals surface area contributed by atoms with Gasteiger partial charge in [0, 0.05) is 22.3 Å². The lowest BCUT2D eigenvalue weighted by Gasteiger charge is -2.12. The fourth-order valence-corrected chi connectivity index (χ4v) is 4.63. The first kappa shape index (κ1) is 27.0. The third-order valence-electron chi connectivity index (χ3n) is 6.74. The first-order valence-corrected chi connectivity index (χ1v) is 13.1. The number of phenolic OH excluding ortho intramolecular Hbond substituents is 1. The van der Waals surface area contributed by atoms with Crippen molar-refractivity contribution in [1.82, 2.24) is 9.97 Å². The van der Waals surface area contributed by atoms with Crippen LogP contribution in [0.1, 0.15) is 20.7 Å². The van der Waals surface area contributed by atoms with Gasteiger partial charge in [-0.15, -0.1) is 10.2 Å². The molecule has 0 aliphatic heterocycles. The zero-order valence-corrected chi connectivity index (χ0v) is 22.7. The maximum Gasteiger partial charge on any atom is 0.323 e. The molecule has 0 radical (unpaired) electrons. The smallest absolute Gasteiger partial charge is 0.323 e. The maximum atomic E-state index is 13.3. The number of amides is 2. The van der Waals surface area contributed by atoms with E-state index < -0.39 is 5.91 Å². The van der Waals surface area contributed by atoms with Gasteiger partial charge in [-0.3, -0.25) is 9.59 Å². The summed E-state index contributed by atoms with van der Waals surface area (Å²) in [6, 6.07) is 27.4. The topological polar surface area (TPSA) is 161 Å². The van der Waals surface area contributed by atoms with Gasteiger partial charge < -0.3 is 30.4 Å². The van der Waals surface area contributed by atoms with Crippen LogP contribution in [0.4, 0.5) is 22.7 Å². The van der Waals surface area contributed by atoms with E-state index in [1.807, 2.05) is 18.2 Å². The van der Waals surface area contributed by atoms with Gasteiger partial charge in [0.2, 0.25) is 0 Å². The van der Waals surface area contributed by atoms with E-state index in [0.29, 0.717) is 50.2 Å². The number of nitrogens with zero attached hydrogens (tertiary/aromatic N) is 2. The number of hydrogen-bond donors (Lipinski definition) is 5. The van der Waals surface area contributed by atoms with Crippen LogP contribution in [-0.4, -0.2) is 34.0 Å². The summed E-state index contributed by atoms with van der Waals surface area (Å²) >= 11 is 0. The number of benzene rings is 5. The number of carbonyl (C=O) groups is 2. The monoisotopic (exact) mass is 572 g/mol. The number of rotatable bonds is 7. The number of hydrogen-bond acceptors (Lipinski definition) is 7. The normalized spacial score (nSPS) is 11.2. The van der Waals surface area contributed by atoms with Crippen molar-refractivity contribution in [3.63, 3.8) is 0 Å². The molecule has 0 aliphatic rings. The highest BCUT2D eigenvalue weighted by molar-refractivity contribution is 6.12. The molecule has 212 valence electrons. The highest BCUT2D eigenvalue weighted by Crippen LogP contribution is 2.40. The van der Waals surface area contributed by atoms with Crippen molar-refractivity contribution in [2.75, 3.05) is 17.7 Å². The van der Waals surface area contributed by atoms with Crippen LogP contribution in [-0.2, 0) is 0 Å². The van der Waals surface area contributed by atoms with Gasteiger partial charge in [-0.25, -0.2) is 4.79 Å². The van der Waals surface area contributed by atoms with Crippen molar-refractivity contribution in [2.45, 2.75) is 0 Å². The summed E-state index contributed by atoms with van der Waals surface area (Å²) in [5.41, 5.74) is 2.57. The molecule has 11 nitrogen and oxygen atoms in total. The second-order valence-electron chi connectivity index (χ2n) is 9.54. The number of fused-ring (bicyclic) bond motifs is 2. The lowest BCUT2D eigenvalue weighted by molar-refractivity contribution is 0.101. The van der Waals surface area contributed by atoms with E-state index in [0.717, 1.165) is 0 Å². The van der Waals surface area contributed by atoms with E-state index in [-0.39, 0.29) is 28.6 Å². The first-order chi connectivity index (χ1) is 20.9. The van der Waals surface area contributed by atoms with Crippen molar-refractivity contribution in [3.8, 4) is 11.5 Å². The molecule has 5 N–H and O–H groups in total. The number of phenols is 1. The molecule has 43 heavy (non-hydrogen) atoms. The van der Waals surface area contributed by atoms with E-state index in [2.05, 4.69) is 30.8 Å². The molecule has 0 unspecified atom stereocenters. The zero-order valence-electron chi connectivity index (χ0n) is 22.7. The molecule has 0 bridgehead atoms.